The van der Waals surface area contributed by atoms with Crippen molar-refractivity contribution in [2.75, 3.05) is 0 Å². The average Bonchev–Trinajstić information content (AvgIpc) is 2.79. The van der Waals surface area contributed by atoms with Gasteiger partial charge in [-0.3, -0.25) is 0 Å². The Balaban J connectivity index is 1.73. The molecule has 0 bridgehead atoms. The van der Waals surface area contributed by atoms with Crippen molar-refractivity contribution in [2.45, 2.75) is 0 Å². The normalized spacial score (nSPS) is 9.80. The maximum absolute atomic E-state index is 5.97. The molecule has 0 atom stereocenters. The molecule has 0 saturated carbocycles. The molecule has 0 aliphatic carbocycles. The van der Waals surface area contributed by atoms with E-state index >= 15 is 0 Å². The fourth-order valence-corrected chi connectivity index (χ4v) is 3.25. The zero-order valence-corrected chi connectivity index (χ0v) is 17.5. The molecule has 142 valence electrons. The molecular formula is C28H16Cl2. The van der Waals surface area contributed by atoms with Gasteiger partial charge in [-0.2, -0.15) is 0 Å². The minimum atomic E-state index is 0.703. The quantitative estimate of drug-likeness (QED) is 0.279. The van der Waals surface area contributed by atoms with Crippen molar-refractivity contribution < 1.29 is 0 Å². The predicted molar refractivity (Wildman–Crippen MR) is 127 cm³/mol. The molecule has 0 aliphatic heterocycles. The molecule has 0 nitrogen and oxygen atoms in total. The van der Waals surface area contributed by atoms with Crippen molar-refractivity contribution in [1.29, 1.82) is 0 Å². The first-order chi connectivity index (χ1) is 14.7. The molecular weight excluding hydrogens is 407 g/mol. The molecule has 0 amide bonds. The van der Waals surface area contributed by atoms with Gasteiger partial charge in [0.05, 0.1) is 0 Å². The summed E-state index contributed by atoms with van der Waals surface area (Å²) in [6.07, 6.45) is 0. The third kappa shape index (κ3) is 4.94. The van der Waals surface area contributed by atoms with Crippen molar-refractivity contribution in [3.8, 4) is 34.8 Å². The molecule has 0 aromatic heterocycles. The molecule has 0 spiro atoms. The van der Waals surface area contributed by atoms with Crippen molar-refractivity contribution in [3.63, 3.8) is 0 Å². The summed E-state index contributed by atoms with van der Waals surface area (Å²) in [5.74, 6) is 13.0. The Kier molecular flexibility index (Phi) is 6.22. The Bertz CT molecular complexity index is 1190. The lowest BCUT2D eigenvalue weighted by atomic mass is 9.95. The van der Waals surface area contributed by atoms with E-state index in [4.69, 9.17) is 23.2 Å². The summed E-state index contributed by atoms with van der Waals surface area (Å²) < 4.78 is 0. The monoisotopic (exact) mass is 422 g/mol. The summed E-state index contributed by atoms with van der Waals surface area (Å²) >= 11 is 11.9. The third-order valence-electron chi connectivity index (χ3n) is 4.52. The number of halogens is 2. The van der Waals surface area contributed by atoms with Gasteiger partial charge in [0, 0.05) is 32.3 Å². The van der Waals surface area contributed by atoms with Crippen LogP contribution in [0.15, 0.2) is 97.1 Å². The molecule has 0 N–H and O–H groups in total. The second-order valence-corrected chi connectivity index (χ2v) is 7.48. The first kappa shape index (κ1) is 19.9. The zero-order chi connectivity index (χ0) is 20.8. The van der Waals surface area contributed by atoms with Crippen LogP contribution in [0.4, 0.5) is 0 Å². The Morgan fingerprint density at radius 1 is 0.400 bits per heavy atom. The minimum absolute atomic E-state index is 0.703. The van der Waals surface area contributed by atoms with Gasteiger partial charge in [0.1, 0.15) is 0 Å². The molecule has 4 rings (SSSR count). The van der Waals surface area contributed by atoms with Crippen molar-refractivity contribution in [2.24, 2.45) is 0 Å². The van der Waals surface area contributed by atoms with Crippen LogP contribution in [0, 0.1) is 23.7 Å². The van der Waals surface area contributed by atoms with Crippen LogP contribution in [-0.2, 0) is 0 Å². The molecule has 0 heterocycles. The highest BCUT2D eigenvalue weighted by molar-refractivity contribution is 6.30. The van der Waals surface area contributed by atoms with Crippen molar-refractivity contribution >= 4 is 23.2 Å². The highest BCUT2D eigenvalue weighted by atomic mass is 35.5. The molecule has 4 aromatic rings. The summed E-state index contributed by atoms with van der Waals surface area (Å²) in [7, 11) is 0. The summed E-state index contributed by atoms with van der Waals surface area (Å²) in [5.41, 5.74) is 5.86. The van der Waals surface area contributed by atoms with E-state index in [-0.39, 0.29) is 0 Å². The number of hydrogen-bond acceptors (Lipinski definition) is 0. The van der Waals surface area contributed by atoms with Crippen LogP contribution in [0.5, 0.6) is 0 Å². The summed E-state index contributed by atoms with van der Waals surface area (Å²) in [6, 6.07) is 31.3. The van der Waals surface area contributed by atoms with E-state index in [9.17, 15) is 0 Å². The van der Waals surface area contributed by atoms with Crippen molar-refractivity contribution in [3.05, 3.63) is 129 Å². The number of rotatable bonds is 1. The van der Waals surface area contributed by atoms with E-state index < -0.39 is 0 Å². The van der Waals surface area contributed by atoms with Gasteiger partial charge < -0.3 is 0 Å². The Morgan fingerprint density at radius 2 is 0.767 bits per heavy atom. The average molecular weight is 423 g/mol. The fourth-order valence-electron chi connectivity index (χ4n) is 3.00. The van der Waals surface area contributed by atoms with Crippen LogP contribution in [0.2, 0.25) is 10.0 Å². The maximum atomic E-state index is 5.97. The van der Waals surface area contributed by atoms with E-state index in [0.717, 1.165) is 33.4 Å². The standard InChI is InChI=1S/C28H16Cl2/c29-25-17-11-21(12-18-25)9-15-23-5-1-3-7-27(23)28-8-4-2-6-24(28)16-10-22-13-19-26(30)20-14-22/h1-8,11-14,17-20H. The molecule has 4 aromatic carbocycles. The van der Waals surface area contributed by atoms with Crippen LogP contribution < -0.4 is 0 Å². The Morgan fingerprint density at radius 3 is 1.17 bits per heavy atom. The largest absolute Gasteiger partial charge is 0.0843 e. The van der Waals surface area contributed by atoms with Gasteiger partial charge in [-0.05, 0) is 71.8 Å². The zero-order valence-electron chi connectivity index (χ0n) is 16.0. The lowest BCUT2D eigenvalue weighted by Gasteiger charge is -2.07. The summed E-state index contributed by atoms with van der Waals surface area (Å²) in [4.78, 5) is 0. The smallest absolute Gasteiger partial charge is 0.0406 e. The highest BCUT2D eigenvalue weighted by Gasteiger charge is 2.06. The van der Waals surface area contributed by atoms with E-state index in [1.807, 2.05) is 84.9 Å². The number of hydrogen-bond donors (Lipinski definition) is 0. The Hall–Kier alpha value is -3.42. The molecule has 0 aliphatic rings. The first-order valence-electron chi connectivity index (χ1n) is 9.43. The number of benzene rings is 4. The van der Waals surface area contributed by atoms with Gasteiger partial charge in [-0.1, -0.05) is 83.3 Å². The molecule has 0 radical (unpaired) electrons. The van der Waals surface area contributed by atoms with E-state index in [0.29, 0.717) is 10.0 Å². The van der Waals surface area contributed by atoms with E-state index in [1.165, 1.54) is 0 Å². The highest BCUT2D eigenvalue weighted by Crippen LogP contribution is 2.26. The molecule has 0 fully saturated rings. The van der Waals surface area contributed by atoms with Gasteiger partial charge >= 0.3 is 0 Å². The summed E-state index contributed by atoms with van der Waals surface area (Å²) in [6.45, 7) is 0. The van der Waals surface area contributed by atoms with Gasteiger partial charge in [0.2, 0.25) is 0 Å². The topological polar surface area (TPSA) is 0 Å². The molecule has 0 unspecified atom stereocenters. The molecule has 2 heteroatoms. The van der Waals surface area contributed by atoms with Gasteiger partial charge in [0.15, 0.2) is 0 Å². The summed E-state index contributed by atoms with van der Waals surface area (Å²) in [5, 5.41) is 1.41. The van der Waals surface area contributed by atoms with Gasteiger partial charge in [-0.25, -0.2) is 0 Å². The first-order valence-corrected chi connectivity index (χ1v) is 10.2. The van der Waals surface area contributed by atoms with Crippen molar-refractivity contribution in [1.82, 2.24) is 0 Å². The molecule has 0 saturated heterocycles. The van der Waals surface area contributed by atoms with Crippen LogP contribution in [0.3, 0.4) is 0 Å². The van der Waals surface area contributed by atoms with Crippen LogP contribution >= 0.6 is 23.2 Å². The lowest BCUT2D eigenvalue weighted by molar-refractivity contribution is 1.55. The SMILES string of the molecule is Clc1ccc(C#Cc2ccccc2-c2ccccc2C#Cc2ccc(Cl)cc2)cc1. The van der Waals surface area contributed by atoms with E-state index in [2.05, 4.69) is 35.8 Å². The second kappa shape index (κ2) is 9.39. The lowest BCUT2D eigenvalue weighted by Crippen LogP contribution is -1.88. The third-order valence-corrected chi connectivity index (χ3v) is 5.02. The molecule has 30 heavy (non-hydrogen) atoms. The van der Waals surface area contributed by atoms with Crippen LogP contribution in [0.1, 0.15) is 22.3 Å². The van der Waals surface area contributed by atoms with Crippen LogP contribution in [-0.4, -0.2) is 0 Å². The van der Waals surface area contributed by atoms with Gasteiger partial charge in [0.25, 0.3) is 0 Å². The minimum Gasteiger partial charge on any atom is -0.0843 e. The predicted octanol–water partition coefficient (Wildman–Crippen LogP) is 7.46. The fraction of sp³-hybridized carbons (Fsp3) is 0. The van der Waals surface area contributed by atoms with Gasteiger partial charge in [-0.15, -0.1) is 0 Å². The van der Waals surface area contributed by atoms with Crippen LogP contribution in [0.25, 0.3) is 11.1 Å². The Labute approximate surface area is 187 Å². The second-order valence-electron chi connectivity index (χ2n) is 6.60. The maximum Gasteiger partial charge on any atom is 0.0406 e. The van der Waals surface area contributed by atoms with E-state index in [1.54, 1.807) is 0 Å².